The summed E-state index contributed by atoms with van der Waals surface area (Å²) in [5, 5.41) is 8.55. The predicted molar refractivity (Wildman–Crippen MR) is 37.9 cm³/mol. The quantitative estimate of drug-likeness (QED) is 0.604. The van der Waals surface area contributed by atoms with Gasteiger partial charge in [-0.2, -0.15) is 5.10 Å². The van der Waals surface area contributed by atoms with Crippen LogP contribution in [0, 0.1) is 6.20 Å². The second kappa shape index (κ2) is 3.00. The molecule has 0 spiro atoms. The minimum atomic E-state index is -0.208. The van der Waals surface area contributed by atoms with Crippen LogP contribution in [0.4, 0.5) is 5.69 Å². The largest absolute Gasteiger partial charge is 0.381 e. The van der Waals surface area contributed by atoms with E-state index in [4.69, 9.17) is 0 Å². The molecule has 0 atom stereocenters. The van der Waals surface area contributed by atoms with E-state index in [1.54, 1.807) is 0 Å². The monoisotopic (exact) mass is 138 g/mol. The van der Waals surface area contributed by atoms with Gasteiger partial charge in [-0.05, 0) is 13.0 Å². The van der Waals surface area contributed by atoms with Gasteiger partial charge < -0.3 is 5.32 Å². The summed E-state index contributed by atoms with van der Waals surface area (Å²) < 4.78 is 0. The molecule has 0 bridgehead atoms. The lowest BCUT2D eigenvalue weighted by atomic mass is 10.4. The van der Waals surface area contributed by atoms with E-state index >= 15 is 0 Å². The minimum absolute atomic E-state index is 0.208. The lowest BCUT2D eigenvalue weighted by molar-refractivity contribution is 0.976. The molecule has 0 unspecified atom stereocenters. The maximum absolute atomic E-state index is 10.8. The summed E-state index contributed by atoms with van der Waals surface area (Å²) in [7, 11) is 0. The second-order valence-corrected chi connectivity index (χ2v) is 1.77. The van der Waals surface area contributed by atoms with Crippen LogP contribution in [0.15, 0.2) is 10.9 Å². The first-order chi connectivity index (χ1) is 4.84. The van der Waals surface area contributed by atoms with Crippen LogP contribution in [-0.4, -0.2) is 16.7 Å². The lowest BCUT2D eigenvalue weighted by Gasteiger charge is -1.97. The molecule has 1 heterocycles. The van der Waals surface area contributed by atoms with Gasteiger partial charge in [-0.1, -0.05) is 0 Å². The van der Waals surface area contributed by atoms with Gasteiger partial charge in [0, 0.05) is 6.54 Å². The highest BCUT2D eigenvalue weighted by Crippen LogP contribution is 1.91. The highest BCUT2D eigenvalue weighted by molar-refractivity contribution is 5.37. The fraction of sp³-hybridized carbons (Fsp3) is 0.333. The van der Waals surface area contributed by atoms with Gasteiger partial charge in [-0.15, -0.1) is 0 Å². The Bertz CT molecular complexity index is 255. The van der Waals surface area contributed by atoms with Crippen LogP contribution in [0.2, 0.25) is 0 Å². The van der Waals surface area contributed by atoms with Crippen molar-refractivity contribution in [2.75, 3.05) is 11.9 Å². The van der Waals surface area contributed by atoms with Crippen molar-refractivity contribution in [2.24, 2.45) is 0 Å². The number of anilines is 1. The Labute approximate surface area is 58.3 Å². The molecule has 0 amide bonds. The third-order valence-corrected chi connectivity index (χ3v) is 1.04. The smallest absolute Gasteiger partial charge is 0.287 e. The molecule has 1 aromatic heterocycles. The SMILES string of the molecule is CCNc1c[c]n[nH]c1=O. The number of nitrogens with zero attached hydrogens (tertiary/aromatic N) is 1. The zero-order valence-corrected chi connectivity index (χ0v) is 5.64. The Morgan fingerprint density at radius 2 is 2.70 bits per heavy atom. The molecule has 2 N–H and O–H groups in total. The molecule has 1 radical (unpaired) electrons. The van der Waals surface area contributed by atoms with Gasteiger partial charge in [0.1, 0.15) is 11.9 Å². The highest BCUT2D eigenvalue weighted by Gasteiger charge is 1.92. The molecule has 4 nitrogen and oxygen atoms in total. The Morgan fingerprint density at radius 1 is 1.90 bits per heavy atom. The Balaban J connectivity index is 2.92. The van der Waals surface area contributed by atoms with Crippen LogP contribution < -0.4 is 10.9 Å². The first-order valence-electron chi connectivity index (χ1n) is 3.04. The van der Waals surface area contributed by atoms with Crippen LogP contribution in [0.25, 0.3) is 0 Å². The first-order valence-corrected chi connectivity index (χ1v) is 3.04. The first kappa shape index (κ1) is 6.80. The summed E-state index contributed by atoms with van der Waals surface area (Å²) in [4.78, 5) is 10.8. The van der Waals surface area contributed by atoms with Crippen LogP contribution in [0.5, 0.6) is 0 Å². The van der Waals surface area contributed by atoms with Gasteiger partial charge in [0.15, 0.2) is 0 Å². The summed E-state index contributed by atoms with van der Waals surface area (Å²) in [6.07, 6.45) is 2.52. The fourth-order valence-electron chi connectivity index (χ4n) is 0.627. The van der Waals surface area contributed by atoms with Crippen LogP contribution in [0.1, 0.15) is 6.92 Å². The molecule has 0 aromatic carbocycles. The highest BCUT2D eigenvalue weighted by atomic mass is 16.1. The zero-order valence-electron chi connectivity index (χ0n) is 5.64. The standard InChI is InChI=1S/C6H8N3O/c1-2-7-5-3-4-8-9-6(5)10/h3H,2H2,1H3,(H,7,8)(H,9,10). The van der Waals surface area contributed by atoms with Crippen molar-refractivity contribution in [1.82, 2.24) is 10.2 Å². The van der Waals surface area contributed by atoms with E-state index in [1.165, 1.54) is 6.07 Å². The molecule has 0 saturated carbocycles. The van der Waals surface area contributed by atoms with Gasteiger partial charge in [0.2, 0.25) is 0 Å². The van der Waals surface area contributed by atoms with Crippen molar-refractivity contribution >= 4 is 5.69 Å². The van der Waals surface area contributed by atoms with E-state index < -0.39 is 0 Å². The van der Waals surface area contributed by atoms with E-state index in [0.717, 1.165) is 6.54 Å². The number of hydrogen-bond acceptors (Lipinski definition) is 3. The molecular formula is C6H8N3O. The number of hydrogen-bond donors (Lipinski definition) is 2. The maximum Gasteiger partial charge on any atom is 0.287 e. The molecular weight excluding hydrogens is 130 g/mol. The maximum atomic E-state index is 10.8. The molecule has 1 aromatic rings. The normalized spacial score (nSPS) is 9.30. The van der Waals surface area contributed by atoms with Gasteiger partial charge in [-0.25, -0.2) is 5.10 Å². The average Bonchev–Trinajstić information content (AvgIpc) is 1.94. The third-order valence-electron chi connectivity index (χ3n) is 1.04. The van der Waals surface area contributed by atoms with E-state index in [-0.39, 0.29) is 5.56 Å². The Kier molecular flexibility index (Phi) is 2.04. The topological polar surface area (TPSA) is 57.8 Å². The van der Waals surface area contributed by atoms with E-state index in [9.17, 15) is 4.79 Å². The molecule has 1 rings (SSSR count). The summed E-state index contributed by atoms with van der Waals surface area (Å²) in [5.74, 6) is 0. The molecule has 0 aliphatic heterocycles. The van der Waals surface area contributed by atoms with Crippen LogP contribution >= 0.6 is 0 Å². The summed E-state index contributed by atoms with van der Waals surface area (Å²) in [6.45, 7) is 2.64. The van der Waals surface area contributed by atoms with Crippen molar-refractivity contribution in [2.45, 2.75) is 6.92 Å². The minimum Gasteiger partial charge on any atom is -0.381 e. The number of aromatic nitrogens is 2. The van der Waals surface area contributed by atoms with Crippen LogP contribution in [-0.2, 0) is 0 Å². The van der Waals surface area contributed by atoms with E-state index in [2.05, 4.69) is 21.7 Å². The molecule has 0 aliphatic carbocycles. The summed E-state index contributed by atoms with van der Waals surface area (Å²) >= 11 is 0. The second-order valence-electron chi connectivity index (χ2n) is 1.77. The van der Waals surface area contributed by atoms with Gasteiger partial charge >= 0.3 is 0 Å². The van der Waals surface area contributed by atoms with E-state index in [1.807, 2.05) is 6.92 Å². The number of nitrogens with one attached hydrogen (secondary N) is 2. The Hall–Kier alpha value is -1.32. The number of H-pyrrole nitrogens is 1. The van der Waals surface area contributed by atoms with Crippen molar-refractivity contribution in [3.8, 4) is 0 Å². The molecule has 10 heavy (non-hydrogen) atoms. The van der Waals surface area contributed by atoms with Crippen LogP contribution in [0.3, 0.4) is 0 Å². The number of rotatable bonds is 2. The Morgan fingerprint density at radius 3 is 3.30 bits per heavy atom. The third kappa shape index (κ3) is 1.34. The predicted octanol–water partition coefficient (Wildman–Crippen LogP) is 0.00189. The van der Waals surface area contributed by atoms with Crippen molar-refractivity contribution in [1.29, 1.82) is 0 Å². The lowest BCUT2D eigenvalue weighted by Crippen LogP contribution is -2.14. The van der Waals surface area contributed by atoms with E-state index in [0.29, 0.717) is 5.69 Å². The molecule has 0 aliphatic rings. The molecule has 0 saturated heterocycles. The van der Waals surface area contributed by atoms with Gasteiger partial charge in [0.05, 0.1) is 0 Å². The van der Waals surface area contributed by atoms with Crippen molar-refractivity contribution in [3.63, 3.8) is 0 Å². The van der Waals surface area contributed by atoms with Gasteiger partial charge in [0.25, 0.3) is 5.56 Å². The average molecular weight is 138 g/mol. The summed E-state index contributed by atoms with van der Waals surface area (Å²) in [5.41, 5.74) is 0.304. The molecule has 0 fully saturated rings. The molecule has 4 heteroatoms. The summed E-state index contributed by atoms with van der Waals surface area (Å²) in [6, 6.07) is 1.52. The zero-order chi connectivity index (χ0) is 7.40. The van der Waals surface area contributed by atoms with Crippen molar-refractivity contribution < 1.29 is 0 Å². The van der Waals surface area contributed by atoms with Crippen molar-refractivity contribution in [3.05, 3.63) is 22.6 Å². The fourth-order valence-corrected chi connectivity index (χ4v) is 0.627. The molecule has 53 valence electrons. The van der Waals surface area contributed by atoms with Gasteiger partial charge in [-0.3, -0.25) is 4.79 Å². The number of aromatic amines is 1.